The molecule has 0 aromatic heterocycles. The number of benzene rings is 1. The van der Waals surface area contributed by atoms with Gasteiger partial charge in [0.15, 0.2) is 0 Å². The first-order valence-corrected chi connectivity index (χ1v) is 8.01. The van der Waals surface area contributed by atoms with E-state index in [1.54, 1.807) is 0 Å². The minimum Gasteiger partial charge on any atom is -0.490 e. The third-order valence-corrected chi connectivity index (χ3v) is 4.35. The van der Waals surface area contributed by atoms with Gasteiger partial charge in [-0.05, 0) is 44.4 Å². The zero-order valence-corrected chi connectivity index (χ0v) is 13.0. The lowest BCUT2D eigenvalue weighted by molar-refractivity contribution is -0.0502. The zero-order valence-electron chi connectivity index (χ0n) is 13.0. The van der Waals surface area contributed by atoms with Crippen LogP contribution in [0.1, 0.15) is 38.3 Å². The average molecular weight is 290 g/mol. The Morgan fingerprint density at radius 1 is 1.24 bits per heavy atom. The standard InChI is InChI=1S/C17H26N2O2/c1-12(2)19-9-10-20-16(11-19)17(18)13-3-5-14(6-4-13)21-15-7-8-15/h3-6,12,15-17H,7-11,18H2,1-2H3. The van der Waals surface area contributed by atoms with E-state index in [2.05, 4.69) is 30.9 Å². The van der Waals surface area contributed by atoms with Crippen LogP contribution < -0.4 is 10.5 Å². The molecule has 0 bridgehead atoms. The summed E-state index contributed by atoms with van der Waals surface area (Å²) in [5, 5.41) is 0. The van der Waals surface area contributed by atoms with Crippen molar-refractivity contribution in [2.45, 2.75) is 51.0 Å². The molecule has 21 heavy (non-hydrogen) atoms. The SMILES string of the molecule is CC(C)N1CCOC(C(N)c2ccc(OC3CC3)cc2)C1. The molecule has 116 valence electrons. The maximum Gasteiger partial charge on any atom is 0.119 e. The van der Waals surface area contributed by atoms with Gasteiger partial charge in [-0.1, -0.05) is 12.1 Å². The first kappa shape index (κ1) is 14.8. The van der Waals surface area contributed by atoms with Gasteiger partial charge in [-0.2, -0.15) is 0 Å². The van der Waals surface area contributed by atoms with Gasteiger partial charge in [-0.25, -0.2) is 0 Å². The van der Waals surface area contributed by atoms with E-state index in [0.717, 1.165) is 31.0 Å². The molecule has 2 N–H and O–H groups in total. The molecular formula is C17H26N2O2. The minimum absolute atomic E-state index is 0.0661. The monoisotopic (exact) mass is 290 g/mol. The Kier molecular flexibility index (Phi) is 4.48. The van der Waals surface area contributed by atoms with Crippen molar-refractivity contribution in [3.63, 3.8) is 0 Å². The fourth-order valence-corrected chi connectivity index (χ4v) is 2.74. The third-order valence-electron chi connectivity index (χ3n) is 4.35. The number of rotatable bonds is 5. The highest BCUT2D eigenvalue weighted by Crippen LogP contribution is 2.28. The van der Waals surface area contributed by atoms with Crippen molar-refractivity contribution >= 4 is 0 Å². The summed E-state index contributed by atoms with van der Waals surface area (Å²) in [5.74, 6) is 0.946. The van der Waals surface area contributed by atoms with Gasteiger partial charge in [-0.15, -0.1) is 0 Å². The lowest BCUT2D eigenvalue weighted by atomic mass is 10.0. The third kappa shape index (κ3) is 3.76. The fraction of sp³-hybridized carbons (Fsp3) is 0.647. The largest absolute Gasteiger partial charge is 0.490 e. The van der Waals surface area contributed by atoms with E-state index in [1.165, 1.54) is 12.8 Å². The summed E-state index contributed by atoms with van der Waals surface area (Å²) in [6.45, 7) is 7.10. The van der Waals surface area contributed by atoms with E-state index in [4.69, 9.17) is 15.2 Å². The Morgan fingerprint density at radius 2 is 1.95 bits per heavy atom. The second kappa shape index (κ2) is 6.34. The quantitative estimate of drug-likeness (QED) is 0.904. The van der Waals surface area contributed by atoms with Gasteiger partial charge in [0.2, 0.25) is 0 Å². The molecule has 0 radical (unpaired) electrons. The molecule has 1 saturated carbocycles. The maximum atomic E-state index is 6.40. The Bertz CT molecular complexity index is 456. The Balaban J connectivity index is 1.61. The molecule has 1 aromatic rings. The smallest absolute Gasteiger partial charge is 0.119 e. The second-order valence-electron chi connectivity index (χ2n) is 6.41. The van der Waals surface area contributed by atoms with Crippen molar-refractivity contribution in [3.05, 3.63) is 29.8 Å². The van der Waals surface area contributed by atoms with Crippen molar-refractivity contribution in [3.8, 4) is 5.75 Å². The summed E-state index contributed by atoms with van der Waals surface area (Å²) >= 11 is 0. The number of ether oxygens (including phenoxy) is 2. The first-order valence-electron chi connectivity index (χ1n) is 8.01. The summed E-state index contributed by atoms with van der Waals surface area (Å²) in [6, 6.07) is 8.65. The molecule has 1 aliphatic heterocycles. The summed E-state index contributed by atoms with van der Waals surface area (Å²) in [5.41, 5.74) is 7.52. The molecule has 0 amide bonds. The summed E-state index contributed by atoms with van der Waals surface area (Å²) in [4.78, 5) is 2.43. The van der Waals surface area contributed by atoms with Gasteiger partial charge in [0, 0.05) is 19.1 Å². The molecule has 2 fully saturated rings. The van der Waals surface area contributed by atoms with Crippen molar-refractivity contribution in [1.82, 2.24) is 4.90 Å². The number of nitrogens with two attached hydrogens (primary N) is 1. The van der Waals surface area contributed by atoms with Crippen LogP contribution in [0.4, 0.5) is 0 Å². The van der Waals surface area contributed by atoms with Crippen molar-refractivity contribution in [2.75, 3.05) is 19.7 Å². The summed E-state index contributed by atoms with van der Waals surface area (Å²) in [7, 11) is 0. The minimum atomic E-state index is -0.0819. The molecule has 3 rings (SSSR count). The Hall–Kier alpha value is -1.10. The van der Waals surface area contributed by atoms with Crippen LogP contribution >= 0.6 is 0 Å². The first-order chi connectivity index (χ1) is 10.1. The van der Waals surface area contributed by atoms with E-state index >= 15 is 0 Å². The van der Waals surface area contributed by atoms with Crippen LogP contribution in [0, 0.1) is 0 Å². The van der Waals surface area contributed by atoms with Crippen molar-refractivity contribution < 1.29 is 9.47 Å². The van der Waals surface area contributed by atoms with Crippen LogP contribution in [0.2, 0.25) is 0 Å². The van der Waals surface area contributed by atoms with Gasteiger partial charge < -0.3 is 15.2 Å². The van der Waals surface area contributed by atoms with Gasteiger partial charge in [0.05, 0.1) is 24.9 Å². The average Bonchev–Trinajstić information content (AvgIpc) is 3.31. The number of hydrogen-bond acceptors (Lipinski definition) is 4. The molecule has 1 heterocycles. The van der Waals surface area contributed by atoms with Gasteiger partial charge in [-0.3, -0.25) is 4.90 Å². The summed E-state index contributed by atoms with van der Waals surface area (Å²) < 4.78 is 11.7. The molecule has 2 unspecified atom stereocenters. The second-order valence-corrected chi connectivity index (χ2v) is 6.41. The van der Waals surface area contributed by atoms with Crippen LogP contribution in [0.3, 0.4) is 0 Å². The highest BCUT2D eigenvalue weighted by atomic mass is 16.5. The molecule has 2 atom stereocenters. The number of nitrogens with zero attached hydrogens (tertiary/aromatic N) is 1. The molecule has 2 aliphatic rings. The number of hydrogen-bond donors (Lipinski definition) is 1. The van der Waals surface area contributed by atoms with Crippen LogP contribution in [0.5, 0.6) is 5.75 Å². The van der Waals surface area contributed by atoms with E-state index in [0.29, 0.717) is 12.1 Å². The Morgan fingerprint density at radius 3 is 2.57 bits per heavy atom. The molecular weight excluding hydrogens is 264 g/mol. The van der Waals surface area contributed by atoms with Crippen LogP contribution in [-0.2, 0) is 4.74 Å². The predicted molar refractivity (Wildman–Crippen MR) is 83.5 cm³/mol. The predicted octanol–water partition coefficient (Wildman–Crippen LogP) is 2.34. The number of morpholine rings is 1. The topological polar surface area (TPSA) is 47.7 Å². The fourth-order valence-electron chi connectivity index (χ4n) is 2.74. The van der Waals surface area contributed by atoms with E-state index < -0.39 is 0 Å². The van der Waals surface area contributed by atoms with Gasteiger partial charge in [0.1, 0.15) is 5.75 Å². The maximum absolute atomic E-state index is 6.40. The molecule has 4 heteroatoms. The molecule has 0 spiro atoms. The lowest BCUT2D eigenvalue weighted by Crippen LogP contribution is -2.49. The highest BCUT2D eigenvalue weighted by molar-refractivity contribution is 5.30. The molecule has 1 aliphatic carbocycles. The normalized spacial score (nSPS) is 25.0. The lowest BCUT2D eigenvalue weighted by Gasteiger charge is -2.38. The van der Waals surface area contributed by atoms with E-state index in [9.17, 15) is 0 Å². The summed E-state index contributed by atoms with van der Waals surface area (Å²) in [6.07, 6.45) is 2.87. The molecule has 1 saturated heterocycles. The van der Waals surface area contributed by atoms with Crippen molar-refractivity contribution in [1.29, 1.82) is 0 Å². The van der Waals surface area contributed by atoms with Crippen molar-refractivity contribution in [2.24, 2.45) is 5.73 Å². The molecule has 1 aromatic carbocycles. The Labute approximate surface area is 127 Å². The van der Waals surface area contributed by atoms with Gasteiger partial charge >= 0.3 is 0 Å². The van der Waals surface area contributed by atoms with Crippen LogP contribution in [-0.4, -0.2) is 42.8 Å². The zero-order chi connectivity index (χ0) is 14.8. The van der Waals surface area contributed by atoms with Gasteiger partial charge in [0.25, 0.3) is 0 Å². The van der Waals surface area contributed by atoms with Crippen LogP contribution in [0.15, 0.2) is 24.3 Å². The highest BCUT2D eigenvalue weighted by Gasteiger charge is 2.28. The molecule has 4 nitrogen and oxygen atoms in total. The van der Waals surface area contributed by atoms with Crippen LogP contribution in [0.25, 0.3) is 0 Å². The van der Waals surface area contributed by atoms with E-state index in [-0.39, 0.29) is 12.1 Å². The van der Waals surface area contributed by atoms with E-state index in [1.807, 2.05) is 12.1 Å².